The maximum atomic E-state index is 11.2. The summed E-state index contributed by atoms with van der Waals surface area (Å²) in [6, 6.07) is 7.07. The lowest BCUT2D eigenvalue weighted by Gasteiger charge is -2.01. The molecule has 0 fully saturated rings. The second-order valence-electron chi connectivity index (χ2n) is 2.40. The highest BCUT2D eigenvalue weighted by molar-refractivity contribution is 5.95. The monoisotopic (exact) mass is 177 g/mol. The van der Waals surface area contributed by atoms with E-state index < -0.39 is 0 Å². The molecular formula is C10H11NO2. The van der Waals surface area contributed by atoms with Crippen LogP contribution in [0, 0.1) is 0 Å². The van der Waals surface area contributed by atoms with E-state index in [-0.39, 0.29) is 5.97 Å². The molecule has 0 aromatic heterocycles. The molecule has 1 aromatic rings. The van der Waals surface area contributed by atoms with Gasteiger partial charge in [-0.2, -0.15) is 0 Å². The van der Waals surface area contributed by atoms with E-state index in [9.17, 15) is 4.79 Å². The molecule has 68 valence electrons. The third-order valence-corrected chi connectivity index (χ3v) is 1.58. The molecule has 0 saturated heterocycles. The first-order valence-electron chi connectivity index (χ1n) is 3.95. The Kier molecular flexibility index (Phi) is 3.20. The molecule has 3 heteroatoms. The zero-order valence-corrected chi connectivity index (χ0v) is 7.65. The van der Waals surface area contributed by atoms with Crippen LogP contribution in [0.2, 0.25) is 0 Å². The number of ether oxygens (including phenoxy) is 1. The number of para-hydroxylation sites is 1. The molecule has 0 N–H and O–H groups in total. The summed E-state index contributed by atoms with van der Waals surface area (Å²) in [5.41, 5.74) is 1.12. The molecule has 0 heterocycles. The molecule has 0 aliphatic rings. The molecule has 0 aliphatic heterocycles. The van der Waals surface area contributed by atoms with Crippen LogP contribution in [0.25, 0.3) is 0 Å². The van der Waals surface area contributed by atoms with Crippen LogP contribution in [0.4, 0.5) is 5.69 Å². The van der Waals surface area contributed by atoms with Crippen LogP contribution in [0.1, 0.15) is 17.3 Å². The van der Waals surface area contributed by atoms with Crippen molar-refractivity contribution in [3.63, 3.8) is 0 Å². The summed E-state index contributed by atoms with van der Waals surface area (Å²) >= 11 is 0. The van der Waals surface area contributed by atoms with Crippen molar-refractivity contribution in [3.05, 3.63) is 29.8 Å². The van der Waals surface area contributed by atoms with Gasteiger partial charge in [-0.25, -0.2) is 4.79 Å². The van der Waals surface area contributed by atoms with E-state index in [1.807, 2.05) is 6.07 Å². The van der Waals surface area contributed by atoms with Gasteiger partial charge in [0.15, 0.2) is 0 Å². The highest BCUT2D eigenvalue weighted by Gasteiger charge is 2.08. The molecule has 13 heavy (non-hydrogen) atoms. The first kappa shape index (κ1) is 9.45. The van der Waals surface area contributed by atoms with Gasteiger partial charge in [0.2, 0.25) is 0 Å². The molecule has 1 aromatic carbocycles. The summed E-state index contributed by atoms with van der Waals surface area (Å²) in [5, 5.41) is 0. The lowest BCUT2D eigenvalue weighted by Crippen LogP contribution is -2.00. The minimum absolute atomic E-state index is 0.360. The van der Waals surface area contributed by atoms with Crippen LogP contribution in [-0.2, 0) is 4.74 Å². The van der Waals surface area contributed by atoms with E-state index in [4.69, 9.17) is 0 Å². The predicted molar refractivity (Wildman–Crippen MR) is 51.6 cm³/mol. The lowest BCUT2D eigenvalue weighted by molar-refractivity contribution is 0.0602. The fourth-order valence-electron chi connectivity index (χ4n) is 1.01. The Labute approximate surface area is 77.1 Å². The van der Waals surface area contributed by atoms with Gasteiger partial charge in [0.25, 0.3) is 0 Å². The second-order valence-corrected chi connectivity index (χ2v) is 2.40. The summed E-state index contributed by atoms with van der Waals surface area (Å²) in [5.74, 6) is -0.360. The fourth-order valence-corrected chi connectivity index (χ4v) is 1.01. The minimum Gasteiger partial charge on any atom is -0.465 e. The Morgan fingerprint density at radius 1 is 1.46 bits per heavy atom. The number of aliphatic imine (C=N–C) groups is 1. The molecule has 0 bridgehead atoms. The molecule has 0 aliphatic carbocycles. The van der Waals surface area contributed by atoms with E-state index in [2.05, 4.69) is 9.73 Å². The highest BCUT2D eigenvalue weighted by atomic mass is 16.5. The maximum absolute atomic E-state index is 11.2. The smallest absolute Gasteiger partial charge is 0.340 e. The molecule has 1 rings (SSSR count). The molecule has 0 amide bonds. The predicted octanol–water partition coefficient (Wildman–Crippen LogP) is 2.20. The fraction of sp³-hybridized carbons (Fsp3) is 0.200. The summed E-state index contributed by atoms with van der Waals surface area (Å²) in [6.07, 6.45) is 1.64. The topological polar surface area (TPSA) is 38.7 Å². The van der Waals surface area contributed by atoms with Crippen molar-refractivity contribution < 1.29 is 9.53 Å². The van der Waals surface area contributed by atoms with Crippen LogP contribution in [0.5, 0.6) is 0 Å². The summed E-state index contributed by atoms with van der Waals surface area (Å²) in [6.45, 7) is 1.80. The van der Waals surface area contributed by atoms with Gasteiger partial charge >= 0.3 is 5.97 Å². The number of hydrogen-bond donors (Lipinski definition) is 0. The minimum atomic E-state index is -0.360. The van der Waals surface area contributed by atoms with Gasteiger partial charge < -0.3 is 4.74 Å². The average molecular weight is 177 g/mol. The number of rotatable bonds is 2. The normalized spacial score (nSPS) is 10.3. The molecule has 0 spiro atoms. The average Bonchev–Trinajstić information content (AvgIpc) is 2.18. The van der Waals surface area contributed by atoms with Gasteiger partial charge in [0, 0.05) is 6.21 Å². The number of carbonyl (C=O) groups is 1. The summed E-state index contributed by atoms with van der Waals surface area (Å²) < 4.78 is 4.61. The van der Waals surface area contributed by atoms with E-state index in [0.717, 1.165) is 0 Å². The Morgan fingerprint density at radius 3 is 2.77 bits per heavy atom. The van der Waals surface area contributed by atoms with Crippen LogP contribution >= 0.6 is 0 Å². The number of carbonyl (C=O) groups excluding carboxylic acids is 1. The SMILES string of the molecule is C/C=N/c1ccccc1C(=O)OC. The summed E-state index contributed by atoms with van der Waals surface area (Å²) in [7, 11) is 1.36. The number of methoxy groups -OCH3 is 1. The maximum Gasteiger partial charge on any atom is 0.340 e. The Bertz CT molecular complexity index is 331. The number of hydrogen-bond acceptors (Lipinski definition) is 3. The third kappa shape index (κ3) is 2.15. The van der Waals surface area contributed by atoms with E-state index in [1.165, 1.54) is 7.11 Å². The van der Waals surface area contributed by atoms with Gasteiger partial charge in [-0.05, 0) is 19.1 Å². The van der Waals surface area contributed by atoms with Crippen molar-refractivity contribution in [1.29, 1.82) is 0 Å². The first-order chi connectivity index (χ1) is 6.29. The Morgan fingerprint density at radius 2 is 2.15 bits per heavy atom. The van der Waals surface area contributed by atoms with Crippen LogP contribution in [-0.4, -0.2) is 19.3 Å². The molecule has 0 radical (unpaired) electrons. The summed E-state index contributed by atoms with van der Waals surface area (Å²) in [4.78, 5) is 15.3. The zero-order valence-electron chi connectivity index (χ0n) is 7.65. The van der Waals surface area contributed by atoms with E-state index in [0.29, 0.717) is 11.3 Å². The van der Waals surface area contributed by atoms with Gasteiger partial charge in [-0.15, -0.1) is 0 Å². The third-order valence-electron chi connectivity index (χ3n) is 1.58. The van der Waals surface area contributed by atoms with E-state index in [1.54, 1.807) is 31.3 Å². The number of benzene rings is 1. The molecule has 0 unspecified atom stereocenters. The standard InChI is InChI=1S/C10H11NO2/c1-3-11-9-7-5-4-6-8(9)10(12)13-2/h3-7H,1-2H3/b11-3+. The first-order valence-corrected chi connectivity index (χ1v) is 3.95. The van der Waals surface area contributed by atoms with Gasteiger partial charge in [0.1, 0.15) is 0 Å². The van der Waals surface area contributed by atoms with Gasteiger partial charge in [-0.1, -0.05) is 12.1 Å². The van der Waals surface area contributed by atoms with Crippen LogP contribution in [0.15, 0.2) is 29.3 Å². The highest BCUT2D eigenvalue weighted by Crippen LogP contribution is 2.18. The van der Waals surface area contributed by atoms with Gasteiger partial charge in [-0.3, -0.25) is 4.99 Å². The quantitative estimate of drug-likeness (QED) is 0.513. The number of esters is 1. The van der Waals surface area contributed by atoms with E-state index >= 15 is 0 Å². The van der Waals surface area contributed by atoms with Crippen molar-refractivity contribution in [2.75, 3.05) is 7.11 Å². The number of nitrogens with zero attached hydrogens (tertiary/aromatic N) is 1. The largest absolute Gasteiger partial charge is 0.465 e. The van der Waals surface area contributed by atoms with Crippen LogP contribution in [0.3, 0.4) is 0 Å². The van der Waals surface area contributed by atoms with Crippen molar-refractivity contribution in [1.82, 2.24) is 0 Å². The molecule has 3 nitrogen and oxygen atoms in total. The van der Waals surface area contributed by atoms with Gasteiger partial charge in [0.05, 0.1) is 18.4 Å². The van der Waals surface area contributed by atoms with Crippen molar-refractivity contribution in [2.24, 2.45) is 4.99 Å². The Hall–Kier alpha value is -1.64. The molecular weight excluding hydrogens is 166 g/mol. The Balaban J connectivity index is 3.11. The van der Waals surface area contributed by atoms with Crippen molar-refractivity contribution >= 4 is 17.9 Å². The zero-order chi connectivity index (χ0) is 9.68. The van der Waals surface area contributed by atoms with Crippen molar-refractivity contribution in [3.8, 4) is 0 Å². The second kappa shape index (κ2) is 4.40. The van der Waals surface area contributed by atoms with Crippen LogP contribution < -0.4 is 0 Å². The molecule has 0 atom stereocenters. The van der Waals surface area contributed by atoms with Crippen molar-refractivity contribution in [2.45, 2.75) is 6.92 Å². The lowest BCUT2D eigenvalue weighted by atomic mass is 10.2. The molecule has 0 saturated carbocycles.